The Morgan fingerprint density at radius 1 is 1.12 bits per heavy atom. The average Bonchev–Trinajstić information content (AvgIpc) is 2.15. The molecular formula is C7H3F3N2O4. The number of hydrogen-bond donors (Lipinski definition) is 2. The molecule has 6 nitrogen and oxygen atoms in total. The quantitative estimate of drug-likeness (QED) is 0.790. The van der Waals surface area contributed by atoms with Gasteiger partial charge in [-0.05, 0) is 0 Å². The molecule has 1 aromatic heterocycles. The number of alkyl halides is 3. The largest absolute Gasteiger partial charge is 0.477 e. The minimum absolute atomic E-state index is 0.161. The van der Waals surface area contributed by atoms with E-state index < -0.39 is 35.3 Å². The first-order valence-electron chi connectivity index (χ1n) is 3.64. The molecule has 1 heterocycles. The van der Waals surface area contributed by atoms with Gasteiger partial charge in [0.25, 0.3) is 0 Å². The van der Waals surface area contributed by atoms with Gasteiger partial charge in [-0.1, -0.05) is 0 Å². The molecule has 0 aromatic carbocycles. The molecule has 0 fully saturated rings. The van der Waals surface area contributed by atoms with Gasteiger partial charge in [0, 0.05) is 6.07 Å². The van der Waals surface area contributed by atoms with Crippen LogP contribution >= 0.6 is 0 Å². The first kappa shape index (κ1) is 11.9. The molecule has 1 rings (SSSR count). The van der Waals surface area contributed by atoms with Gasteiger partial charge in [-0.15, -0.1) is 0 Å². The van der Waals surface area contributed by atoms with Crippen molar-refractivity contribution in [3.63, 3.8) is 0 Å². The predicted octanol–water partition coefficient (Wildman–Crippen LogP) is 0.892. The number of carboxylic acid groups (broad SMARTS) is 2. The highest BCUT2D eigenvalue weighted by Crippen LogP contribution is 2.27. The highest BCUT2D eigenvalue weighted by molar-refractivity contribution is 5.88. The molecule has 0 saturated carbocycles. The Bertz CT molecular complexity index is 425. The van der Waals surface area contributed by atoms with Crippen molar-refractivity contribution >= 4 is 11.9 Å². The van der Waals surface area contributed by atoms with Crippen LogP contribution in [0, 0.1) is 0 Å². The van der Waals surface area contributed by atoms with Crippen molar-refractivity contribution in [1.82, 2.24) is 9.97 Å². The van der Waals surface area contributed by atoms with Crippen molar-refractivity contribution in [3.05, 3.63) is 23.3 Å². The second-order valence-electron chi connectivity index (χ2n) is 2.57. The topological polar surface area (TPSA) is 100 Å². The summed E-state index contributed by atoms with van der Waals surface area (Å²) in [4.78, 5) is 26.4. The summed E-state index contributed by atoms with van der Waals surface area (Å²) < 4.78 is 36.6. The van der Waals surface area contributed by atoms with Crippen LogP contribution in [0.15, 0.2) is 6.07 Å². The minimum atomic E-state index is -4.93. The Hall–Kier alpha value is -2.19. The van der Waals surface area contributed by atoms with Gasteiger partial charge in [0.05, 0.1) is 0 Å². The smallest absolute Gasteiger partial charge is 0.433 e. The maximum absolute atomic E-state index is 12.2. The monoisotopic (exact) mass is 236 g/mol. The van der Waals surface area contributed by atoms with Crippen molar-refractivity contribution in [2.45, 2.75) is 6.18 Å². The normalized spacial score (nSPS) is 11.2. The van der Waals surface area contributed by atoms with Gasteiger partial charge < -0.3 is 10.2 Å². The Morgan fingerprint density at radius 3 is 2.06 bits per heavy atom. The predicted molar refractivity (Wildman–Crippen MR) is 41.0 cm³/mol. The molecule has 1 aromatic rings. The Labute approximate surface area is 85.4 Å². The summed E-state index contributed by atoms with van der Waals surface area (Å²) in [6, 6.07) is 0.161. The molecule has 0 aliphatic rings. The standard InChI is InChI=1S/C7H3F3N2O4/c8-7(9,10)3-1-2(5(13)14)11-4(12-3)6(15)16/h1H,(H,13,14)(H,15,16). The third kappa shape index (κ3) is 2.43. The summed E-state index contributed by atoms with van der Waals surface area (Å²) in [6.45, 7) is 0. The van der Waals surface area contributed by atoms with Crippen LogP contribution in [0.25, 0.3) is 0 Å². The first-order chi connectivity index (χ1) is 7.21. The number of nitrogens with zero attached hydrogens (tertiary/aromatic N) is 2. The van der Waals surface area contributed by atoms with E-state index >= 15 is 0 Å². The fourth-order valence-corrected chi connectivity index (χ4v) is 0.798. The molecule has 0 unspecified atom stereocenters. The van der Waals surface area contributed by atoms with Crippen molar-refractivity contribution in [2.24, 2.45) is 0 Å². The van der Waals surface area contributed by atoms with Crippen LogP contribution in [0.1, 0.15) is 26.8 Å². The van der Waals surface area contributed by atoms with E-state index in [9.17, 15) is 22.8 Å². The summed E-state index contributed by atoms with van der Waals surface area (Å²) in [5.41, 5.74) is -2.64. The summed E-state index contributed by atoms with van der Waals surface area (Å²) in [5.74, 6) is -4.82. The highest BCUT2D eigenvalue weighted by Gasteiger charge is 2.35. The molecule has 0 bridgehead atoms. The van der Waals surface area contributed by atoms with Gasteiger partial charge in [0.2, 0.25) is 5.82 Å². The van der Waals surface area contributed by atoms with Gasteiger partial charge in [-0.2, -0.15) is 13.2 Å². The van der Waals surface area contributed by atoms with Gasteiger partial charge >= 0.3 is 18.1 Å². The fraction of sp³-hybridized carbons (Fsp3) is 0.143. The molecule has 86 valence electrons. The SMILES string of the molecule is O=C(O)c1cc(C(F)(F)F)nc(C(=O)O)n1. The lowest BCUT2D eigenvalue weighted by molar-refractivity contribution is -0.141. The van der Waals surface area contributed by atoms with Gasteiger partial charge in [-0.25, -0.2) is 19.6 Å². The lowest BCUT2D eigenvalue weighted by Crippen LogP contribution is -2.17. The molecule has 0 aliphatic carbocycles. The van der Waals surface area contributed by atoms with E-state index in [1.807, 2.05) is 0 Å². The van der Waals surface area contributed by atoms with E-state index in [0.717, 1.165) is 0 Å². The van der Waals surface area contributed by atoms with E-state index in [4.69, 9.17) is 10.2 Å². The second kappa shape index (κ2) is 3.76. The first-order valence-corrected chi connectivity index (χ1v) is 3.64. The number of carboxylic acids is 2. The average molecular weight is 236 g/mol. The molecule has 9 heteroatoms. The van der Waals surface area contributed by atoms with Crippen LogP contribution in [0.3, 0.4) is 0 Å². The molecule has 16 heavy (non-hydrogen) atoms. The summed E-state index contributed by atoms with van der Waals surface area (Å²) in [6.07, 6.45) is -4.93. The van der Waals surface area contributed by atoms with E-state index in [0.29, 0.717) is 0 Å². The van der Waals surface area contributed by atoms with E-state index in [1.165, 1.54) is 0 Å². The van der Waals surface area contributed by atoms with Crippen LogP contribution in [-0.4, -0.2) is 32.1 Å². The molecule has 0 saturated heterocycles. The van der Waals surface area contributed by atoms with Gasteiger partial charge in [0.15, 0.2) is 5.69 Å². The Morgan fingerprint density at radius 2 is 1.69 bits per heavy atom. The summed E-state index contributed by atoms with van der Waals surface area (Å²) in [5, 5.41) is 16.8. The van der Waals surface area contributed by atoms with Crippen LogP contribution < -0.4 is 0 Å². The number of hydrogen-bond acceptors (Lipinski definition) is 4. The van der Waals surface area contributed by atoms with Crippen molar-refractivity contribution in [3.8, 4) is 0 Å². The second-order valence-corrected chi connectivity index (χ2v) is 2.57. The van der Waals surface area contributed by atoms with Gasteiger partial charge in [0.1, 0.15) is 5.69 Å². The summed E-state index contributed by atoms with van der Waals surface area (Å²) in [7, 11) is 0. The molecule has 0 spiro atoms. The van der Waals surface area contributed by atoms with Crippen molar-refractivity contribution < 1.29 is 33.0 Å². The maximum Gasteiger partial charge on any atom is 0.433 e. The van der Waals surface area contributed by atoms with Crippen LogP contribution in [-0.2, 0) is 6.18 Å². The zero-order chi connectivity index (χ0) is 12.5. The minimum Gasteiger partial charge on any atom is -0.477 e. The molecule has 0 amide bonds. The van der Waals surface area contributed by atoms with E-state index in [-0.39, 0.29) is 6.07 Å². The third-order valence-electron chi connectivity index (χ3n) is 1.43. The molecule has 0 radical (unpaired) electrons. The number of carbonyl (C=O) groups is 2. The number of aromatic nitrogens is 2. The zero-order valence-electron chi connectivity index (χ0n) is 7.32. The van der Waals surface area contributed by atoms with Crippen LogP contribution in [0.4, 0.5) is 13.2 Å². The number of halogens is 3. The fourth-order valence-electron chi connectivity index (χ4n) is 0.798. The van der Waals surface area contributed by atoms with Crippen LogP contribution in [0.2, 0.25) is 0 Å². The molecular weight excluding hydrogens is 233 g/mol. The van der Waals surface area contributed by atoms with E-state index in [2.05, 4.69) is 9.97 Å². The zero-order valence-corrected chi connectivity index (χ0v) is 7.32. The van der Waals surface area contributed by atoms with Crippen molar-refractivity contribution in [2.75, 3.05) is 0 Å². The van der Waals surface area contributed by atoms with Gasteiger partial charge in [-0.3, -0.25) is 0 Å². The molecule has 0 atom stereocenters. The highest BCUT2D eigenvalue weighted by atomic mass is 19.4. The molecule has 2 N–H and O–H groups in total. The van der Waals surface area contributed by atoms with Crippen LogP contribution in [0.5, 0.6) is 0 Å². The maximum atomic E-state index is 12.2. The Balaban J connectivity index is 3.42. The lowest BCUT2D eigenvalue weighted by atomic mass is 10.3. The van der Waals surface area contributed by atoms with Crippen molar-refractivity contribution in [1.29, 1.82) is 0 Å². The molecule has 0 aliphatic heterocycles. The van der Waals surface area contributed by atoms with E-state index in [1.54, 1.807) is 0 Å². The third-order valence-corrected chi connectivity index (χ3v) is 1.43. The number of aromatic carboxylic acids is 2. The lowest BCUT2D eigenvalue weighted by Gasteiger charge is -2.06. The number of rotatable bonds is 2. The Kier molecular flexibility index (Phi) is 2.79. The summed E-state index contributed by atoms with van der Waals surface area (Å²) >= 11 is 0.